The lowest BCUT2D eigenvalue weighted by Crippen LogP contribution is -2.37. The molecule has 1 aliphatic heterocycles. The molecule has 0 aromatic carbocycles. The Bertz CT molecular complexity index is 260. The number of rotatable bonds is 11. The molecule has 1 saturated heterocycles. The second kappa shape index (κ2) is 12.0. The van der Waals surface area contributed by atoms with Gasteiger partial charge in [0.15, 0.2) is 0 Å². The Hall–Kier alpha value is -0.570. The largest absolute Gasteiger partial charge is 0.481 e. The number of nitrogens with zero attached hydrogens (tertiary/aromatic N) is 1. The van der Waals surface area contributed by atoms with Gasteiger partial charge in [0.25, 0.3) is 0 Å². The maximum atomic E-state index is 11.1. The summed E-state index contributed by atoms with van der Waals surface area (Å²) in [5.74, 6) is -0.632. The van der Waals surface area contributed by atoms with E-state index in [4.69, 9.17) is 5.11 Å². The van der Waals surface area contributed by atoms with Gasteiger partial charge in [-0.2, -0.15) is 0 Å². The standard InChI is InChI=1S/C18H35NO2/c1-2-3-4-5-6-7-10-13-17(16-18(20)21)19-14-11-8-9-12-15-19/h17H,2-16H2,1H3,(H,20,21). The lowest BCUT2D eigenvalue weighted by atomic mass is 10.0. The Morgan fingerprint density at radius 3 is 2.10 bits per heavy atom. The van der Waals surface area contributed by atoms with Gasteiger partial charge in [-0.25, -0.2) is 0 Å². The van der Waals surface area contributed by atoms with Crippen molar-refractivity contribution in [2.24, 2.45) is 0 Å². The number of carbonyl (C=O) groups is 1. The molecule has 0 aromatic rings. The van der Waals surface area contributed by atoms with E-state index in [1.807, 2.05) is 0 Å². The van der Waals surface area contributed by atoms with Crippen LogP contribution in [-0.2, 0) is 4.79 Å². The molecule has 0 amide bonds. The maximum absolute atomic E-state index is 11.1. The number of carboxylic acid groups (broad SMARTS) is 1. The minimum absolute atomic E-state index is 0.274. The van der Waals surface area contributed by atoms with Crippen LogP contribution in [0.3, 0.4) is 0 Å². The molecule has 0 bridgehead atoms. The van der Waals surface area contributed by atoms with E-state index in [1.54, 1.807) is 0 Å². The Labute approximate surface area is 131 Å². The van der Waals surface area contributed by atoms with Gasteiger partial charge in [0, 0.05) is 6.04 Å². The van der Waals surface area contributed by atoms with Gasteiger partial charge < -0.3 is 5.11 Å². The van der Waals surface area contributed by atoms with Crippen LogP contribution in [-0.4, -0.2) is 35.1 Å². The molecule has 1 unspecified atom stereocenters. The molecule has 1 rings (SSSR count). The fourth-order valence-corrected chi connectivity index (χ4v) is 3.41. The van der Waals surface area contributed by atoms with E-state index in [-0.39, 0.29) is 6.04 Å². The van der Waals surface area contributed by atoms with E-state index < -0.39 is 5.97 Å². The predicted octanol–water partition coefficient (Wildman–Crippen LogP) is 4.85. The topological polar surface area (TPSA) is 40.5 Å². The van der Waals surface area contributed by atoms with E-state index in [2.05, 4.69) is 11.8 Å². The molecular weight excluding hydrogens is 262 g/mol. The van der Waals surface area contributed by atoms with Crippen molar-refractivity contribution in [1.29, 1.82) is 0 Å². The highest BCUT2D eigenvalue weighted by atomic mass is 16.4. The van der Waals surface area contributed by atoms with E-state index in [0.717, 1.165) is 19.5 Å². The summed E-state index contributed by atoms with van der Waals surface area (Å²) in [7, 11) is 0. The highest BCUT2D eigenvalue weighted by Gasteiger charge is 2.21. The average Bonchev–Trinajstić information content (AvgIpc) is 2.73. The molecule has 21 heavy (non-hydrogen) atoms. The van der Waals surface area contributed by atoms with Gasteiger partial charge in [-0.3, -0.25) is 9.69 Å². The van der Waals surface area contributed by atoms with Crippen molar-refractivity contribution in [3.63, 3.8) is 0 Å². The number of aliphatic carboxylic acids is 1. The fourth-order valence-electron chi connectivity index (χ4n) is 3.41. The molecule has 1 atom stereocenters. The summed E-state index contributed by atoms with van der Waals surface area (Å²) < 4.78 is 0. The third-order valence-corrected chi connectivity index (χ3v) is 4.71. The normalized spacial score (nSPS) is 18.3. The summed E-state index contributed by atoms with van der Waals surface area (Å²) >= 11 is 0. The fraction of sp³-hybridized carbons (Fsp3) is 0.944. The molecule has 3 nitrogen and oxygen atoms in total. The van der Waals surface area contributed by atoms with Crippen molar-refractivity contribution in [3.05, 3.63) is 0 Å². The number of hydrogen-bond acceptors (Lipinski definition) is 2. The molecule has 1 aliphatic rings. The number of hydrogen-bond donors (Lipinski definition) is 1. The first-order chi connectivity index (χ1) is 10.2. The quantitative estimate of drug-likeness (QED) is 0.554. The summed E-state index contributed by atoms with van der Waals surface area (Å²) in [6.45, 7) is 4.46. The Morgan fingerprint density at radius 2 is 1.52 bits per heavy atom. The Morgan fingerprint density at radius 1 is 0.952 bits per heavy atom. The molecule has 0 radical (unpaired) electrons. The molecular formula is C18H35NO2. The van der Waals surface area contributed by atoms with E-state index in [9.17, 15) is 4.79 Å². The highest BCUT2D eigenvalue weighted by molar-refractivity contribution is 5.67. The highest BCUT2D eigenvalue weighted by Crippen LogP contribution is 2.19. The SMILES string of the molecule is CCCCCCCCCC(CC(=O)O)N1CCCCCC1. The van der Waals surface area contributed by atoms with Gasteiger partial charge in [0.1, 0.15) is 0 Å². The van der Waals surface area contributed by atoms with Crippen molar-refractivity contribution in [1.82, 2.24) is 4.90 Å². The van der Waals surface area contributed by atoms with Crippen LogP contribution in [0.4, 0.5) is 0 Å². The van der Waals surface area contributed by atoms with Crippen LogP contribution in [0.15, 0.2) is 0 Å². The van der Waals surface area contributed by atoms with Crippen molar-refractivity contribution in [2.45, 2.75) is 96.4 Å². The van der Waals surface area contributed by atoms with Gasteiger partial charge in [0.2, 0.25) is 0 Å². The zero-order chi connectivity index (χ0) is 15.3. The van der Waals surface area contributed by atoms with Crippen LogP contribution in [0.25, 0.3) is 0 Å². The smallest absolute Gasteiger partial charge is 0.304 e. The van der Waals surface area contributed by atoms with Crippen LogP contribution in [0.2, 0.25) is 0 Å². The lowest BCUT2D eigenvalue weighted by Gasteiger charge is -2.29. The average molecular weight is 297 g/mol. The van der Waals surface area contributed by atoms with Crippen LogP contribution in [0.5, 0.6) is 0 Å². The second-order valence-electron chi connectivity index (χ2n) is 6.61. The maximum Gasteiger partial charge on any atom is 0.304 e. The first kappa shape index (κ1) is 18.5. The molecule has 0 spiro atoms. The summed E-state index contributed by atoms with van der Waals surface area (Å²) in [6.07, 6.45) is 15.7. The van der Waals surface area contributed by atoms with Gasteiger partial charge in [-0.1, -0.05) is 64.7 Å². The van der Waals surface area contributed by atoms with E-state index in [0.29, 0.717) is 6.42 Å². The van der Waals surface area contributed by atoms with Crippen molar-refractivity contribution < 1.29 is 9.90 Å². The molecule has 0 aromatic heterocycles. The Kier molecular flexibility index (Phi) is 10.6. The molecule has 0 saturated carbocycles. The Balaban J connectivity index is 2.24. The van der Waals surface area contributed by atoms with Gasteiger partial charge in [-0.15, -0.1) is 0 Å². The minimum atomic E-state index is -0.632. The molecule has 1 N–H and O–H groups in total. The molecule has 0 aliphatic carbocycles. The third kappa shape index (κ3) is 9.13. The van der Waals surface area contributed by atoms with Gasteiger partial charge in [-0.05, 0) is 32.4 Å². The van der Waals surface area contributed by atoms with E-state index >= 15 is 0 Å². The van der Waals surface area contributed by atoms with Gasteiger partial charge in [0.05, 0.1) is 6.42 Å². The zero-order valence-corrected chi connectivity index (χ0v) is 14.0. The number of likely N-dealkylation sites (tertiary alicyclic amines) is 1. The van der Waals surface area contributed by atoms with Crippen molar-refractivity contribution >= 4 is 5.97 Å². The number of unbranched alkanes of at least 4 members (excludes halogenated alkanes) is 6. The first-order valence-electron chi connectivity index (χ1n) is 9.20. The summed E-state index contributed by atoms with van der Waals surface area (Å²) in [5, 5.41) is 9.16. The van der Waals surface area contributed by atoms with Gasteiger partial charge >= 0.3 is 5.97 Å². The summed E-state index contributed by atoms with van der Waals surface area (Å²) in [4.78, 5) is 13.6. The zero-order valence-electron chi connectivity index (χ0n) is 14.0. The molecule has 1 heterocycles. The molecule has 1 fully saturated rings. The lowest BCUT2D eigenvalue weighted by molar-refractivity contribution is -0.138. The van der Waals surface area contributed by atoms with Crippen molar-refractivity contribution in [3.8, 4) is 0 Å². The summed E-state index contributed by atoms with van der Waals surface area (Å²) in [6, 6.07) is 0.274. The predicted molar refractivity (Wildman–Crippen MR) is 88.7 cm³/mol. The van der Waals surface area contributed by atoms with Crippen LogP contribution >= 0.6 is 0 Å². The number of carboxylic acids is 1. The van der Waals surface area contributed by atoms with Crippen molar-refractivity contribution in [2.75, 3.05) is 13.1 Å². The second-order valence-corrected chi connectivity index (χ2v) is 6.61. The van der Waals surface area contributed by atoms with E-state index in [1.165, 1.54) is 70.6 Å². The van der Waals surface area contributed by atoms with Crippen LogP contribution in [0.1, 0.15) is 90.4 Å². The summed E-state index contributed by atoms with van der Waals surface area (Å²) in [5.41, 5.74) is 0. The first-order valence-corrected chi connectivity index (χ1v) is 9.20. The molecule has 124 valence electrons. The molecule has 3 heteroatoms. The van der Waals surface area contributed by atoms with Crippen LogP contribution < -0.4 is 0 Å². The third-order valence-electron chi connectivity index (χ3n) is 4.71. The monoisotopic (exact) mass is 297 g/mol. The van der Waals surface area contributed by atoms with Crippen LogP contribution in [0, 0.1) is 0 Å². The minimum Gasteiger partial charge on any atom is -0.481 e.